The molecule has 39 heavy (non-hydrogen) atoms. The molecule has 13 heteroatoms. The van der Waals surface area contributed by atoms with Gasteiger partial charge in [-0.25, -0.2) is 0 Å². The molecule has 0 aromatic heterocycles. The molecule has 0 saturated carbocycles. The van der Waals surface area contributed by atoms with Crippen molar-refractivity contribution in [2.45, 2.75) is 47.2 Å². The summed E-state index contributed by atoms with van der Waals surface area (Å²) < 4.78 is 49.8. The van der Waals surface area contributed by atoms with Crippen LogP contribution in [0.15, 0.2) is 52.5 Å². The summed E-state index contributed by atoms with van der Waals surface area (Å²) in [4.78, 5) is 26.9. The second-order valence-corrected chi connectivity index (χ2v) is 14.8. The summed E-state index contributed by atoms with van der Waals surface area (Å²) in [6, 6.07) is 8.37. The van der Waals surface area contributed by atoms with E-state index in [1.54, 1.807) is 32.0 Å². The number of hydrogen-bond donors (Lipinski definition) is 4. The van der Waals surface area contributed by atoms with Crippen LogP contribution in [0, 0.1) is 18.2 Å². The molecule has 0 spiro atoms. The minimum absolute atomic E-state index is 0.0384. The van der Waals surface area contributed by atoms with Crippen LogP contribution in [0.25, 0.3) is 0 Å². The van der Waals surface area contributed by atoms with Crippen molar-refractivity contribution in [1.82, 2.24) is 4.90 Å². The number of aryl methyl sites for hydroxylation is 1. The third-order valence-electron chi connectivity index (χ3n) is 6.47. The Morgan fingerprint density at radius 3 is 2.51 bits per heavy atom. The second kappa shape index (κ2) is 10.2. The molecule has 0 saturated heterocycles. The minimum atomic E-state index is -4.10. The zero-order chi connectivity index (χ0) is 28.9. The normalized spacial score (nSPS) is 19.9. The summed E-state index contributed by atoms with van der Waals surface area (Å²) in [6.07, 6.45) is 1.01. The SMILES string of the molecule is CCO[PH]1(O)N=C(C2=C(O)[C@H](C(C)(C)C)N(Cc3ccc(F)c(C)c3)C2=O)Nc2ccc(NS(C)(=O)=O)cc21. The van der Waals surface area contributed by atoms with Gasteiger partial charge in [0.15, 0.2) is 0 Å². The van der Waals surface area contributed by atoms with E-state index in [2.05, 4.69) is 14.8 Å². The number of aliphatic hydroxyl groups excluding tert-OH is 1. The Hall–Kier alpha value is -3.05. The van der Waals surface area contributed by atoms with E-state index in [1.165, 1.54) is 23.1 Å². The van der Waals surface area contributed by atoms with Crippen molar-refractivity contribution in [3.8, 4) is 0 Å². The Labute approximate surface area is 228 Å². The average molecular weight is 581 g/mol. The number of amides is 1. The molecule has 2 heterocycles. The first-order valence-corrected chi connectivity index (χ1v) is 16.1. The number of anilines is 2. The van der Waals surface area contributed by atoms with Crippen molar-refractivity contribution < 1.29 is 32.1 Å². The van der Waals surface area contributed by atoms with E-state index in [1.807, 2.05) is 20.8 Å². The van der Waals surface area contributed by atoms with Gasteiger partial charge in [0.1, 0.15) is 0 Å². The molecule has 10 nitrogen and oxygen atoms in total. The van der Waals surface area contributed by atoms with Gasteiger partial charge in [-0.3, -0.25) is 0 Å². The third kappa shape index (κ3) is 5.79. The van der Waals surface area contributed by atoms with Crippen LogP contribution in [0.3, 0.4) is 0 Å². The molecule has 2 aliphatic heterocycles. The molecule has 0 unspecified atom stereocenters. The Morgan fingerprint density at radius 2 is 1.92 bits per heavy atom. The van der Waals surface area contributed by atoms with Crippen LogP contribution in [0.1, 0.15) is 38.8 Å². The number of benzene rings is 2. The van der Waals surface area contributed by atoms with Gasteiger partial charge in [-0.2, -0.15) is 0 Å². The van der Waals surface area contributed by atoms with Gasteiger partial charge in [0, 0.05) is 0 Å². The summed E-state index contributed by atoms with van der Waals surface area (Å²) in [7, 11) is -7.67. The van der Waals surface area contributed by atoms with E-state index < -0.39 is 35.3 Å². The molecule has 0 aliphatic carbocycles. The monoisotopic (exact) mass is 580 g/mol. The summed E-state index contributed by atoms with van der Waals surface area (Å²) in [5, 5.41) is 14.7. The molecule has 1 atom stereocenters. The zero-order valence-corrected chi connectivity index (χ0v) is 24.5. The molecule has 0 fully saturated rings. The Kier molecular flexibility index (Phi) is 7.54. The molecular formula is C26H34FN4O6PS. The number of nitrogens with zero attached hydrogens (tertiary/aromatic N) is 2. The van der Waals surface area contributed by atoms with Crippen LogP contribution in [-0.4, -0.2) is 54.0 Å². The summed E-state index contributed by atoms with van der Waals surface area (Å²) in [5.74, 6) is -1.10. The van der Waals surface area contributed by atoms with Gasteiger partial charge in [0.2, 0.25) is 0 Å². The maximum atomic E-state index is 13.9. The van der Waals surface area contributed by atoms with Crippen molar-refractivity contribution in [3.63, 3.8) is 0 Å². The van der Waals surface area contributed by atoms with Gasteiger partial charge >= 0.3 is 228 Å². The fourth-order valence-corrected chi connectivity index (χ4v) is 7.53. The number of amidine groups is 1. The van der Waals surface area contributed by atoms with Crippen molar-refractivity contribution in [1.29, 1.82) is 0 Å². The molecule has 1 amide bonds. The zero-order valence-electron chi connectivity index (χ0n) is 22.7. The molecule has 0 radical (unpaired) electrons. The summed E-state index contributed by atoms with van der Waals surface area (Å²) >= 11 is 0. The fraction of sp³-hybridized carbons (Fsp3) is 0.385. The van der Waals surface area contributed by atoms with Crippen molar-refractivity contribution in [2.75, 3.05) is 22.9 Å². The number of carbonyl (C=O) groups is 1. The number of aliphatic hydroxyl groups is 1. The van der Waals surface area contributed by atoms with Crippen LogP contribution >= 0.6 is 7.87 Å². The van der Waals surface area contributed by atoms with Crippen LogP contribution in [0.4, 0.5) is 15.8 Å². The second-order valence-electron chi connectivity index (χ2n) is 10.8. The fourth-order valence-electron chi connectivity index (χ4n) is 4.92. The van der Waals surface area contributed by atoms with Crippen molar-refractivity contribution >= 4 is 46.3 Å². The predicted octanol–water partition coefficient (Wildman–Crippen LogP) is 3.75. The molecule has 2 aliphatic rings. The van der Waals surface area contributed by atoms with Gasteiger partial charge < -0.3 is 0 Å². The van der Waals surface area contributed by atoms with E-state index in [0.29, 0.717) is 16.8 Å². The quantitative estimate of drug-likeness (QED) is 0.366. The van der Waals surface area contributed by atoms with E-state index in [-0.39, 0.29) is 47.1 Å². The van der Waals surface area contributed by atoms with Gasteiger partial charge in [0.25, 0.3) is 0 Å². The Morgan fingerprint density at radius 1 is 1.23 bits per heavy atom. The van der Waals surface area contributed by atoms with Crippen LogP contribution in [0.5, 0.6) is 0 Å². The third-order valence-corrected chi connectivity index (χ3v) is 9.41. The van der Waals surface area contributed by atoms with Crippen molar-refractivity contribution in [2.24, 2.45) is 10.2 Å². The van der Waals surface area contributed by atoms with E-state index in [4.69, 9.17) is 4.52 Å². The molecule has 212 valence electrons. The number of sulfonamides is 1. The van der Waals surface area contributed by atoms with E-state index >= 15 is 0 Å². The van der Waals surface area contributed by atoms with Gasteiger partial charge in [0.05, 0.1) is 0 Å². The van der Waals surface area contributed by atoms with Gasteiger partial charge in [-0.1, -0.05) is 0 Å². The van der Waals surface area contributed by atoms with Crippen molar-refractivity contribution in [3.05, 3.63) is 64.7 Å². The molecular weight excluding hydrogens is 546 g/mol. The number of hydrogen-bond acceptors (Lipinski definition) is 8. The molecule has 2 aromatic carbocycles. The molecule has 2 aromatic rings. The van der Waals surface area contributed by atoms with E-state index in [0.717, 1.165) is 6.26 Å². The Bertz CT molecular complexity index is 1500. The first-order chi connectivity index (χ1) is 18.0. The molecule has 4 N–H and O–H groups in total. The number of halogens is 1. The standard InChI is InChI=1S/C26H34FN4O6PS/c1-7-37-38(34)20-13-17(30-39(6,35)36)9-11-19(20)28-24(29-38)21-22(32)23(26(3,4)5)31(25(21)33)14-16-8-10-18(27)15(2)12-16/h8-13,23,30,32,34,38H,7,14H2,1-6H3,(H,28,29)/t23-/m1/s1. The Balaban J connectivity index is 1.78. The number of nitrogens with one attached hydrogen (secondary N) is 2. The summed E-state index contributed by atoms with van der Waals surface area (Å²) in [5.41, 5.74) is 1.05. The van der Waals surface area contributed by atoms with Gasteiger partial charge in [-0.05, 0) is 0 Å². The average Bonchev–Trinajstić information content (AvgIpc) is 3.05. The first kappa shape index (κ1) is 28.9. The maximum absolute atomic E-state index is 13.9. The number of carbonyl (C=O) groups excluding carboxylic acids is 1. The molecule has 4 rings (SSSR count). The van der Waals surface area contributed by atoms with Crippen LogP contribution in [0.2, 0.25) is 0 Å². The molecule has 0 bridgehead atoms. The number of fused-ring (bicyclic) bond motifs is 1. The first-order valence-electron chi connectivity index (χ1n) is 12.4. The number of rotatable bonds is 7. The van der Waals surface area contributed by atoms with E-state index in [9.17, 15) is 27.6 Å². The van der Waals surface area contributed by atoms with Gasteiger partial charge in [-0.15, -0.1) is 0 Å². The van der Waals surface area contributed by atoms with Crippen LogP contribution < -0.4 is 15.3 Å². The predicted molar refractivity (Wildman–Crippen MR) is 152 cm³/mol. The topological polar surface area (TPSA) is 141 Å². The van der Waals surface area contributed by atoms with Crippen LogP contribution in [-0.2, 0) is 25.9 Å². The summed E-state index contributed by atoms with van der Waals surface area (Å²) in [6.45, 7) is 9.20.